The number of aromatic nitrogens is 4. The number of hydrogen-bond acceptors (Lipinski definition) is 9. The van der Waals surface area contributed by atoms with E-state index in [4.69, 9.17) is 32.0 Å². The van der Waals surface area contributed by atoms with E-state index in [9.17, 15) is 10.2 Å². The predicted molar refractivity (Wildman–Crippen MR) is 138 cm³/mol. The average Bonchev–Trinajstić information content (AvgIpc) is 3.36. The van der Waals surface area contributed by atoms with E-state index in [0.29, 0.717) is 34.7 Å². The molecule has 2 fully saturated rings. The molecule has 3 aromatic rings. The molecule has 11 heteroatoms. The number of H-pyrrole nitrogens is 1. The van der Waals surface area contributed by atoms with Gasteiger partial charge in [0.05, 0.1) is 47.5 Å². The lowest BCUT2D eigenvalue weighted by atomic mass is 9.73. The zero-order chi connectivity index (χ0) is 25.0. The summed E-state index contributed by atoms with van der Waals surface area (Å²) in [6.45, 7) is 4.16. The molecule has 0 amide bonds. The van der Waals surface area contributed by atoms with Crippen molar-refractivity contribution < 1.29 is 14.9 Å². The summed E-state index contributed by atoms with van der Waals surface area (Å²) in [5.74, 6) is 0.715. The van der Waals surface area contributed by atoms with Crippen LogP contribution in [0.15, 0.2) is 22.2 Å². The average molecular weight is 531 g/mol. The van der Waals surface area contributed by atoms with E-state index in [2.05, 4.69) is 14.9 Å². The molecular formula is C25H31ClN6O3S. The Morgan fingerprint density at radius 3 is 2.86 bits per heavy atom. The first-order valence-electron chi connectivity index (χ1n) is 12.5. The van der Waals surface area contributed by atoms with Gasteiger partial charge in [-0.1, -0.05) is 23.4 Å². The summed E-state index contributed by atoms with van der Waals surface area (Å²) in [5.41, 5.74) is 10.9. The second-order valence-electron chi connectivity index (χ2n) is 10.3. The second-order valence-corrected chi connectivity index (χ2v) is 11.7. The molecule has 0 aromatic carbocycles. The Hall–Kier alpha value is -1.95. The second kappa shape index (κ2) is 9.41. The van der Waals surface area contributed by atoms with Crippen LogP contribution < -0.4 is 10.6 Å². The van der Waals surface area contributed by atoms with Crippen LogP contribution in [0.3, 0.4) is 0 Å². The monoisotopic (exact) mass is 530 g/mol. The largest absolute Gasteiger partial charge is 0.393 e. The van der Waals surface area contributed by atoms with Gasteiger partial charge in [-0.2, -0.15) is 0 Å². The maximum Gasteiger partial charge on any atom is 0.152 e. The van der Waals surface area contributed by atoms with Crippen molar-refractivity contribution in [1.82, 2.24) is 19.9 Å². The molecule has 0 radical (unpaired) electrons. The number of halogens is 1. The van der Waals surface area contributed by atoms with Gasteiger partial charge in [0.15, 0.2) is 5.82 Å². The van der Waals surface area contributed by atoms with Crippen LogP contribution in [0.5, 0.6) is 0 Å². The van der Waals surface area contributed by atoms with Crippen LogP contribution in [0.4, 0.5) is 5.82 Å². The number of nitrogens with one attached hydrogen (secondary N) is 1. The van der Waals surface area contributed by atoms with Crippen molar-refractivity contribution in [3.8, 4) is 0 Å². The number of nitrogens with two attached hydrogens (primary N) is 1. The molecule has 5 heterocycles. The molecule has 2 saturated heterocycles. The minimum Gasteiger partial charge on any atom is -0.393 e. The zero-order valence-electron chi connectivity index (χ0n) is 20.2. The number of ether oxygens (including phenoxy) is 1. The number of fused-ring (bicyclic) bond motifs is 3. The number of piperidine rings is 1. The van der Waals surface area contributed by atoms with Crippen LogP contribution in [0.2, 0.25) is 5.15 Å². The number of aromatic amines is 1. The fourth-order valence-corrected chi connectivity index (χ4v) is 6.95. The smallest absolute Gasteiger partial charge is 0.152 e. The van der Waals surface area contributed by atoms with Crippen molar-refractivity contribution in [3.05, 3.63) is 34.4 Å². The molecule has 192 valence electrons. The number of pyridine rings is 1. The maximum atomic E-state index is 10.1. The Bertz CT molecular complexity index is 1290. The number of rotatable bonds is 4. The highest BCUT2D eigenvalue weighted by Gasteiger charge is 2.47. The van der Waals surface area contributed by atoms with E-state index in [0.717, 1.165) is 66.0 Å². The minimum atomic E-state index is -0.339. The molecule has 0 bridgehead atoms. The molecule has 3 aromatic heterocycles. The van der Waals surface area contributed by atoms with Crippen molar-refractivity contribution in [3.63, 3.8) is 0 Å². The van der Waals surface area contributed by atoms with E-state index in [1.807, 2.05) is 13.0 Å². The predicted octanol–water partition coefficient (Wildman–Crippen LogP) is 2.83. The summed E-state index contributed by atoms with van der Waals surface area (Å²) < 4.78 is 5.84. The fraction of sp³-hybridized carbons (Fsp3) is 0.560. The van der Waals surface area contributed by atoms with E-state index in [-0.39, 0.29) is 30.3 Å². The van der Waals surface area contributed by atoms with Gasteiger partial charge >= 0.3 is 0 Å². The molecule has 3 aliphatic rings. The van der Waals surface area contributed by atoms with Gasteiger partial charge in [0.2, 0.25) is 0 Å². The zero-order valence-corrected chi connectivity index (χ0v) is 21.8. The molecule has 36 heavy (non-hydrogen) atoms. The van der Waals surface area contributed by atoms with Crippen LogP contribution in [0.1, 0.15) is 43.1 Å². The van der Waals surface area contributed by atoms with E-state index in [1.54, 1.807) is 6.20 Å². The van der Waals surface area contributed by atoms with Gasteiger partial charge in [0, 0.05) is 42.2 Å². The van der Waals surface area contributed by atoms with E-state index < -0.39 is 0 Å². The number of hydrogen-bond donors (Lipinski definition) is 4. The minimum absolute atomic E-state index is 0.0238. The molecular weight excluding hydrogens is 500 g/mol. The van der Waals surface area contributed by atoms with Gasteiger partial charge in [-0.25, -0.2) is 15.0 Å². The lowest BCUT2D eigenvalue weighted by Gasteiger charge is -2.41. The molecule has 6 rings (SSSR count). The van der Waals surface area contributed by atoms with Crippen molar-refractivity contribution in [1.29, 1.82) is 0 Å². The van der Waals surface area contributed by atoms with Crippen LogP contribution in [0, 0.1) is 5.41 Å². The van der Waals surface area contributed by atoms with E-state index >= 15 is 0 Å². The highest BCUT2D eigenvalue weighted by Crippen LogP contribution is 2.42. The lowest BCUT2D eigenvalue weighted by Crippen LogP contribution is -2.51. The SMILES string of the molecule is CC1OCC2(CCN(c3ncc(Sc4cc5[nH]c6c(c5nc4Cl)CC(O)CC6)nc3CO)CC2)C1N. The highest BCUT2D eigenvalue weighted by atomic mass is 35.5. The number of aryl methyl sites for hydroxylation is 1. The molecule has 5 N–H and O–H groups in total. The van der Waals surface area contributed by atoms with Gasteiger partial charge in [-0.05, 0) is 38.7 Å². The third-order valence-electron chi connectivity index (χ3n) is 8.12. The summed E-state index contributed by atoms with van der Waals surface area (Å²) in [6.07, 6.45) is 5.48. The topological polar surface area (TPSA) is 133 Å². The van der Waals surface area contributed by atoms with Crippen LogP contribution in [0.25, 0.3) is 11.0 Å². The first-order valence-corrected chi connectivity index (χ1v) is 13.7. The van der Waals surface area contributed by atoms with Gasteiger partial charge in [0.25, 0.3) is 0 Å². The van der Waals surface area contributed by atoms with E-state index in [1.165, 1.54) is 11.8 Å². The Morgan fingerprint density at radius 2 is 2.14 bits per heavy atom. The van der Waals surface area contributed by atoms with Crippen molar-refractivity contribution in [2.24, 2.45) is 11.1 Å². The summed E-state index contributed by atoms with van der Waals surface area (Å²) in [6, 6.07) is 2.03. The third kappa shape index (κ3) is 4.17. The summed E-state index contributed by atoms with van der Waals surface area (Å²) >= 11 is 7.94. The van der Waals surface area contributed by atoms with Gasteiger partial charge in [-0.3, -0.25) is 0 Å². The summed E-state index contributed by atoms with van der Waals surface area (Å²) in [5, 5.41) is 21.2. The molecule has 3 atom stereocenters. The Labute approximate surface area is 218 Å². The Morgan fingerprint density at radius 1 is 1.33 bits per heavy atom. The van der Waals surface area contributed by atoms with Crippen molar-refractivity contribution in [2.45, 2.75) is 73.8 Å². The quantitative estimate of drug-likeness (QED) is 0.376. The Balaban J connectivity index is 1.21. The van der Waals surface area contributed by atoms with Crippen molar-refractivity contribution >= 4 is 40.2 Å². The summed E-state index contributed by atoms with van der Waals surface area (Å²) in [7, 11) is 0. The normalized spacial score (nSPS) is 25.6. The van der Waals surface area contributed by atoms with Gasteiger partial charge < -0.3 is 30.6 Å². The molecule has 0 saturated carbocycles. The highest BCUT2D eigenvalue weighted by molar-refractivity contribution is 7.99. The first kappa shape index (κ1) is 24.4. The molecule has 1 aliphatic carbocycles. The molecule has 3 unspecified atom stereocenters. The molecule has 2 aliphatic heterocycles. The maximum absolute atomic E-state index is 10.1. The fourth-order valence-electron chi connectivity index (χ4n) is 5.90. The van der Waals surface area contributed by atoms with Gasteiger partial charge in [-0.15, -0.1) is 0 Å². The van der Waals surface area contributed by atoms with Crippen LogP contribution in [-0.2, 0) is 24.2 Å². The lowest BCUT2D eigenvalue weighted by molar-refractivity contribution is 0.0973. The van der Waals surface area contributed by atoms with Gasteiger partial charge in [0.1, 0.15) is 15.9 Å². The molecule has 9 nitrogen and oxygen atoms in total. The number of nitrogens with zero attached hydrogens (tertiary/aromatic N) is 4. The Kier molecular flexibility index (Phi) is 6.38. The standard InChI is InChI=1S/C25H31ClN6O3S/c1-13-22(27)25(12-35-13)4-6-32(7-5-25)24-18(11-33)30-20(10-28-24)36-19-9-17-21(31-23(19)26)15-8-14(34)2-3-16(15)29-17/h9-10,13-14,22,29,33-34H,2-8,11-12,27H2,1H3. The third-order valence-corrected chi connectivity index (χ3v) is 9.45. The van der Waals surface area contributed by atoms with Crippen LogP contribution in [-0.4, -0.2) is 68.1 Å². The van der Waals surface area contributed by atoms with Crippen LogP contribution >= 0.6 is 23.4 Å². The van der Waals surface area contributed by atoms with Crippen molar-refractivity contribution in [2.75, 3.05) is 24.6 Å². The summed E-state index contributed by atoms with van der Waals surface area (Å²) in [4.78, 5) is 20.4. The number of anilines is 1. The first-order chi connectivity index (χ1) is 17.4. The number of aliphatic hydroxyl groups is 2. The molecule has 1 spiro atoms. The number of aliphatic hydroxyl groups excluding tert-OH is 2.